The van der Waals surface area contributed by atoms with Gasteiger partial charge in [0.1, 0.15) is 11.5 Å². The maximum absolute atomic E-state index is 11.2. The maximum atomic E-state index is 11.2. The van der Waals surface area contributed by atoms with Crippen LogP contribution >= 0.6 is 15.9 Å². The molecule has 0 saturated carbocycles. The summed E-state index contributed by atoms with van der Waals surface area (Å²) in [6.07, 6.45) is 1.65. The van der Waals surface area contributed by atoms with Gasteiger partial charge in [-0.05, 0) is 54.0 Å². The van der Waals surface area contributed by atoms with Crippen LogP contribution in [0.5, 0.6) is 11.5 Å². The van der Waals surface area contributed by atoms with Gasteiger partial charge in [0, 0.05) is 18.0 Å². The standard InChI is InChI=1S/C15H21BrN2O3/c1-20-13-8-12(16)14(21-2)7-11(13)9-18-5-3-10(4-6-18)15(17)19/h7-8,10H,3-6,9H2,1-2H3,(H2,17,19). The number of methoxy groups -OCH3 is 2. The molecular weight excluding hydrogens is 336 g/mol. The van der Waals surface area contributed by atoms with E-state index >= 15 is 0 Å². The van der Waals surface area contributed by atoms with Crippen molar-refractivity contribution in [2.24, 2.45) is 11.7 Å². The number of benzene rings is 1. The fourth-order valence-electron chi connectivity index (χ4n) is 2.66. The number of piperidine rings is 1. The van der Waals surface area contributed by atoms with E-state index in [2.05, 4.69) is 20.8 Å². The molecule has 0 radical (unpaired) electrons. The van der Waals surface area contributed by atoms with Crippen molar-refractivity contribution in [1.82, 2.24) is 4.90 Å². The molecule has 0 unspecified atom stereocenters. The largest absolute Gasteiger partial charge is 0.496 e. The summed E-state index contributed by atoms with van der Waals surface area (Å²) in [5.41, 5.74) is 6.44. The molecule has 0 aromatic heterocycles. The van der Waals surface area contributed by atoms with Crippen molar-refractivity contribution >= 4 is 21.8 Å². The normalized spacial score (nSPS) is 16.7. The number of primary amides is 1. The highest BCUT2D eigenvalue weighted by Crippen LogP contribution is 2.34. The van der Waals surface area contributed by atoms with Gasteiger partial charge < -0.3 is 15.2 Å². The van der Waals surface area contributed by atoms with Crippen LogP contribution in [0.1, 0.15) is 18.4 Å². The molecule has 1 saturated heterocycles. The molecule has 1 aromatic carbocycles. The summed E-state index contributed by atoms with van der Waals surface area (Å²) in [5.74, 6) is 1.46. The highest BCUT2D eigenvalue weighted by Gasteiger charge is 2.24. The lowest BCUT2D eigenvalue weighted by Gasteiger charge is -2.31. The Bertz CT molecular complexity index is 514. The minimum absolute atomic E-state index is 0.0163. The molecule has 2 rings (SSSR count). The number of carbonyl (C=O) groups is 1. The predicted octanol–water partition coefficient (Wildman–Crippen LogP) is 2.16. The van der Waals surface area contributed by atoms with Crippen LogP contribution in [0.2, 0.25) is 0 Å². The van der Waals surface area contributed by atoms with Crippen molar-refractivity contribution in [3.8, 4) is 11.5 Å². The smallest absolute Gasteiger partial charge is 0.220 e. The Hall–Kier alpha value is -1.27. The third kappa shape index (κ3) is 3.89. The van der Waals surface area contributed by atoms with E-state index in [1.807, 2.05) is 12.1 Å². The van der Waals surface area contributed by atoms with Crippen LogP contribution in [0.15, 0.2) is 16.6 Å². The number of nitrogens with two attached hydrogens (primary N) is 1. The lowest BCUT2D eigenvalue weighted by molar-refractivity contribution is -0.123. The molecule has 1 fully saturated rings. The number of halogens is 1. The molecular formula is C15H21BrN2O3. The van der Waals surface area contributed by atoms with E-state index in [1.165, 1.54) is 0 Å². The fourth-order valence-corrected chi connectivity index (χ4v) is 3.15. The molecule has 1 amide bonds. The number of nitrogens with zero attached hydrogens (tertiary/aromatic N) is 1. The molecule has 0 bridgehead atoms. The summed E-state index contributed by atoms with van der Waals surface area (Å²) in [4.78, 5) is 13.5. The summed E-state index contributed by atoms with van der Waals surface area (Å²) in [5, 5.41) is 0. The van der Waals surface area contributed by atoms with Crippen LogP contribution in [0.25, 0.3) is 0 Å². The van der Waals surface area contributed by atoms with E-state index in [-0.39, 0.29) is 11.8 Å². The van der Waals surface area contributed by atoms with Gasteiger partial charge in [-0.2, -0.15) is 0 Å². The zero-order valence-corrected chi connectivity index (χ0v) is 14.0. The second kappa shape index (κ2) is 7.13. The van der Waals surface area contributed by atoms with Gasteiger partial charge in [0.2, 0.25) is 5.91 Å². The van der Waals surface area contributed by atoms with E-state index in [1.54, 1.807) is 14.2 Å². The average Bonchev–Trinajstić information content (AvgIpc) is 2.49. The Morgan fingerprint density at radius 3 is 2.43 bits per heavy atom. The van der Waals surface area contributed by atoms with E-state index < -0.39 is 0 Å². The van der Waals surface area contributed by atoms with Crippen molar-refractivity contribution in [1.29, 1.82) is 0 Å². The molecule has 0 aliphatic carbocycles. The summed E-state index contributed by atoms with van der Waals surface area (Å²) >= 11 is 3.46. The minimum Gasteiger partial charge on any atom is -0.496 e. The molecule has 21 heavy (non-hydrogen) atoms. The Balaban J connectivity index is 2.07. The van der Waals surface area contributed by atoms with Gasteiger partial charge in [-0.25, -0.2) is 0 Å². The van der Waals surface area contributed by atoms with Gasteiger partial charge in [-0.15, -0.1) is 0 Å². The van der Waals surface area contributed by atoms with Gasteiger partial charge in [0.15, 0.2) is 0 Å². The summed E-state index contributed by atoms with van der Waals surface area (Å²) in [7, 11) is 3.31. The molecule has 1 aliphatic rings. The van der Waals surface area contributed by atoms with E-state index in [4.69, 9.17) is 15.2 Å². The van der Waals surface area contributed by atoms with Crippen molar-refractivity contribution < 1.29 is 14.3 Å². The Morgan fingerprint density at radius 1 is 1.29 bits per heavy atom. The molecule has 0 atom stereocenters. The zero-order valence-electron chi connectivity index (χ0n) is 12.4. The average molecular weight is 357 g/mol. The predicted molar refractivity (Wildman–Crippen MR) is 84.4 cm³/mol. The molecule has 5 nitrogen and oxygen atoms in total. The maximum Gasteiger partial charge on any atom is 0.220 e. The van der Waals surface area contributed by atoms with Gasteiger partial charge in [-0.1, -0.05) is 0 Å². The Morgan fingerprint density at radius 2 is 1.90 bits per heavy atom. The van der Waals surface area contributed by atoms with Crippen molar-refractivity contribution in [2.45, 2.75) is 19.4 Å². The molecule has 116 valence electrons. The van der Waals surface area contributed by atoms with Gasteiger partial charge in [0.25, 0.3) is 0 Å². The zero-order chi connectivity index (χ0) is 15.4. The first-order valence-electron chi connectivity index (χ1n) is 6.97. The number of rotatable bonds is 5. The summed E-state index contributed by atoms with van der Waals surface area (Å²) in [6.45, 7) is 2.52. The third-order valence-corrected chi connectivity index (χ3v) is 4.56. The minimum atomic E-state index is -0.183. The topological polar surface area (TPSA) is 64.8 Å². The monoisotopic (exact) mass is 356 g/mol. The molecule has 1 aromatic rings. The SMILES string of the molecule is COc1cc(CN2CCC(C(N)=O)CC2)c(OC)cc1Br. The molecule has 0 spiro atoms. The highest BCUT2D eigenvalue weighted by molar-refractivity contribution is 9.10. The molecule has 1 aliphatic heterocycles. The van der Waals surface area contributed by atoms with Crippen LogP contribution in [-0.4, -0.2) is 38.1 Å². The fraction of sp³-hybridized carbons (Fsp3) is 0.533. The molecule has 6 heteroatoms. The van der Waals surface area contributed by atoms with Gasteiger partial charge in [0.05, 0.1) is 18.7 Å². The number of carbonyl (C=O) groups excluding carboxylic acids is 1. The van der Waals surface area contributed by atoms with E-state index in [0.29, 0.717) is 0 Å². The van der Waals surface area contributed by atoms with Crippen LogP contribution in [-0.2, 0) is 11.3 Å². The van der Waals surface area contributed by atoms with Crippen LogP contribution in [0.3, 0.4) is 0 Å². The first-order valence-corrected chi connectivity index (χ1v) is 7.76. The summed E-state index contributed by atoms with van der Waals surface area (Å²) in [6, 6.07) is 3.91. The number of amides is 1. The quantitative estimate of drug-likeness (QED) is 0.877. The second-order valence-corrected chi connectivity index (χ2v) is 6.11. The number of ether oxygens (including phenoxy) is 2. The van der Waals surface area contributed by atoms with Crippen LogP contribution < -0.4 is 15.2 Å². The van der Waals surface area contributed by atoms with E-state index in [9.17, 15) is 4.79 Å². The van der Waals surface area contributed by atoms with Crippen molar-refractivity contribution in [2.75, 3.05) is 27.3 Å². The van der Waals surface area contributed by atoms with Crippen molar-refractivity contribution in [3.63, 3.8) is 0 Å². The highest BCUT2D eigenvalue weighted by atomic mass is 79.9. The number of hydrogen-bond acceptors (Lipinski definition) is 4. The lowest BCUT2D eigenvalue weighted by Crippen LogP contribution is -2.38. The van der Waals surface area contributed by atoms with Crippen LogP contribution in [0, 0.1) is 5.92 Å². The lowest BCUT2D eigenvalue weighted by atomic mass is 9.96. The molecule has 2 N–H and O–H groups in total. The number of hydrogen-bond donors (Lipinski definition) is 1. The van der Waals surface area contributed by atoms with E-state index in [0.717, 1.165) is 54.0 Å². The first-order chi connectivity index (χ1) is 10.0. The summed E-state index contributed by atoms with van der Waals surface area (Å²) < 4.78 is 11.7. The first kappa shape index (κ1) is 16.1. The Kier molecular flexibility index (Phi) is 5.47. The van der Waals surface area contributed by atoms with Crippen molar-refractivity contribution in [3.05, 3.63) is 22.2 Å². The van der Waals surface area contributed by atoms with Crippen LogP contribution in [0.4, 0.5) is 0 Å². The van der Waals surface area contributed by atoms with Gasteiger partial charge >= 0.3 is 0 Å². The molecule has 1 heterocycles. The second-order valence-electron chi connectivity index (χ2n) is 5.25. The third-order valence-electron chi connectivity index (χ3n) is 3.94. The Labute approximate surface area is 133 Å². The van der Waals surface area contributed by atoms with Gasteiger partial charge in [-0.3, -0.25) is 9.69 Å². The number of likely N-dealkylation sites (tertiary alicyclic amines) is 1.